The number of anilines is 1. The standard InChI is InChI=1S/C12H15N5O4S/c1-22(20,21)15-10-2-4-16(5-3-10)12-9(7-13)6-11(8-14-12)17(18)19/h6,8,10,15H,2-5H2,1H3. The van der Waals surface area contributed by atoms with Crippen LogP contribution in [-0.2, 0) is 10.0 Å². The number of aromatic nitrogens is 1. The van der Waals surface area contributed by atoms with Crippen molar-refractivity contribution >= 4 is 21.5 Å². The van der Waals surface area contributed by atoms with Crippen molar-refractivity contribution in [1.82, 2.24) is 9.71 Å². The van der Waals surface area contributed by atoms with E-state index in [1.54, 1.807) is 0 Å². The highest BCUT2D eigenvalue weighted by Gasteiger charge is 2.24. The van der Waals surface area contributed by atoms with Gasteiger partial charge >= 0.3 is 0 Å². The van der Waals surface area contributed by atoms with Crippen LogP contribution in [0.4, 0.5) is 11.5 Å². The molecule has 1 aromatic rings. The van der Waals surface area contributed by atoms with Crippen molar-refractivity contribution in [3.63, 3.8) is 0 Å². The molecule has 1 saturated heterocycles. The molecular formula is C12H15N5O4S. The lowest BCUT2D eigenvalue weighted by Gasteiger charge is -2.33. The smallest absolute Gasteiger partial charge is 0.289 e. The van der Waals surface area contributed by atoms with Crippen LogP contribution in [0.3, 0.4) is 0 Å². The molecule has 0 aliphatic carbocycles. The third-order valence-electron chi connectivity index (χ3n) is 3.36. The predicted molar refractivity (Wildman–Crippen MR) is 78.8 cm³/mol. The zero-order valence-corrected chi connectivity index (χ0v) is 12.7. The van der Waals surface area contributed by atoms with E-state index < -0.39 is 14.9 Å². The lowest BCUT2D eigenvalue weighted by atomic mass is 10.1. The molecule has 0 atom stereocenters. The Morgan fingerprint density at radius 2 is 2.14 bits per heavy atom. The number of nitro groups is 1. The molecular weight excluding hydrogens is 310 g/mol. The highest BCUT2D eigenvalue weighted by Crippen LogP contribution is 2.24. The molecule has 1 aromatic heterocycles. The van der Waals surface area contributed by atoms with Gasteiger partial charge in [0.25, 0.3) is 5.69 Å². The molecule has 1 fully saturated rings. The molecule has 9 nitrogen and oxygen atoms in total. The van der Waals surface area contributed by atoms with Crippen LogP contribution in [0.15, 0.2) is 12.3 Å². The first-order chi connectivity index (χ1) is 10.3. The maximum Gasteiger partial charge on any atom is 0.289 e. The minimum Gasteiger partial charge on any atom is -0.355 e. The summed E-state index contributed by atoms with van der Waals surface area (Å²) in [5.74, 6) is 0.394. The van der Waals surface area contributed by atoms with Gasteiger partial charge < -0.3 is 4.90 Å². The van der Waals surface area contributed by atoms with Gasteiger partial charge in [0, 0.05) is 25.2 Å². The summed E-state index contributed by atoms with van der Waals surface area (Å²) in [6.07, 6.45) is 3.40. The molecule has 1 aliphatic heterocycles. The van der Waals surface area contributed by atoms with Crippen LogP contribution < -0.4 is 9.62 Å². The topological polar surface area (TPSA) is 129 Å². The number of hydrogen-bond acceptors (Lipinski definition) is 7. The molecule has 22 heavy (non-hydrogen) atoms. The molecule has 2 heterocycles. The van der Waals surface area contributed by atoms with E-state index in [1.807, 2.05) is 11.0 Å². The van der Waals surface area contributed by atoms with E-state index in [0.29, 0.717) is 31.7 Å². The second-order valence-corrected chi connectivity index (χ2v) is 6.86. The summed E-state index contributed by atoms with van der Waals surface area (Å²) in [5, 5.41) is 19.8. The van der Waals surface area contributed by atoms with Gasteiger partial charge in [-0.05, 0) is 12.8 Å². The Bertz CT molecular complexity index is 720. The summed E-state index contributed by atoms with van der Waals surface area (Å²) in [4.78, 5) is 16.0. The van der Waals surface area contributed by atoms with Crippen molar-refractivity contribution in [1.29, 1.82) is 5.26 Å². The quantitative estimate of drug-likeness (QED) is 0.625. The molecule has 10 heteroatoms. The highest BCUT2D eigenvalue weighted by atomic mass is 32.2. The minimum absolute atomic E-state index is 0.142. The predicted octanol–water partition coefficient (Wildman–Crippen LogP) is 0.379. The van der Waals surface area contributed by atoms with Gasteiger partial charge in [0.05, 0.1) is 11.2 Å². The first-order valence-electron chi connectivity index (χ1n) is 6.57. The Morgan fingerprint density at radius 3 is 2.64 bits per heavy atom. The second kappa shape index (κ2) is 6.25. The Balaban J connectivity index is 2.12. The number of sulfonamides is 1. The molecule has 0 aromatic carbocycles. The fraction of sp³-hybridized carbons (Fsp3) is 0.500. The summed E-state index contributed by atoms with van der Waals surface area (Å²) in [6, 6.07) is 2.97. The molecule has 1 aliphatic rings. The average Bonchev–Trinajstić information content (AvgIpc) is 2.45. The Kier molecular flexibility index (Phi) is 4.58. The molecule has 0 bridgehead atoms. The van der Waals surface area contributed by atoms with Crippen molar-refractivity contribution in [3.8, 4) is 6.07 Å². The number of hydrogen-bond donors (Lipinski definition) is 1. The van der Waals surface area contributed by atoms with E-state index in [4.69, 9.17) is 5.26 Å². The van der Waals surface area contributed by atoms with Gasteiger partial charge in [0.2, 0.25) is 10.0 Å². The van der Waals surface area contributed by atoms with Crippen LogP contribution in [0, 0.1) is 21.4 Å². The van der Waals surface area contributed by atoms with Crippen LogP contribution in [0.25, 0.3) is 0 Å². The van der Waals surface area contributed by atoms with Gasteiger partial charge in [-0.25, -0.2) is 18.1 Å². The molecule has 0 amide bonds. The fourth-order valence-electron chi connectivity index (χ4n) is 2.39. The molecule has 1 N–H and O–H groups in total. The molecule has 118 valence electrons. The average molecular weight is 325 g/mol. The van der Waals surface area contributed by atoms with Gasteiger partial charge in [-0.1, -0.05) is 0 Å². The minimum atomic E-state index is -3.25. The lowest BCUT2D eigenvalue weighted by molar-refractivity contribution is -0.385. The number of pyridine rings is 1. The van der Waals surface area contributed by atoms with E-state index in [0.717, 1.165) is 12.5 Å². The zero-order valence-electron chi connectivity index (χ0n) is 11.9. The second-order valence-electron chi connectivity index (χ2n) is 5.08. The van der Waals surface area contributed by atoms with Crippen LogP contribution >= 0.6 is 0 Å². The number of rotatable bonds is 4. The van der Waals surface area contributed by atoms with Crippen LogP contribution in [0.5, 0.6) is 0 Å². The summed E-state index contributed by atoms with van der Waals surface area (Å²) < 4.78 is 25.0. The Hall–Kier alpha value is -2.25. The van der Waals surface area contributed by atoms with E-state index >= 15 is 0 Å². The van der Waals surface area contributed by atoms with Crippen LogP contribution in [0.2, 0.25) is 0 Å². The van der Waals surface area contributed by atoms with Crippen LogP contribution in [-0.4, -0.2) is 43.7 Å². The Morgan fingerprint density at radius 1 is 1.50 bits per heavy atom. The number of nitriles is 1. The number of nitrogens with one attached hydrogen (secondary N) is 1. The Labute approximate surface area is 127 Å². The van der Waals surface area contributed by atoms with Gasteiger partial charge in [-0.15, -0.1) is 0 Å². The largest absolute Gasteiger partial charge is 0.355 e. The molecule has 2 rings (SSSR count). The SMILES string of the molecule is CS(=O)(=O)NC1CCN(c2ncc([N+](=O)[O-])cc2C#N)CC1. The van der Waals surface area contributed by atoms with Crippen molar-refractivity contribution in [3.05, 3.63) is 27.9 Å². The van der Waals surface area contributed by atoms with Crippen molar-refractivity contribution in [2.24, 2.45) is 0 Å². The van der Waals surface area contributed by atoms with E-state index in [-0.39, 0.29) is 17.3 Å². The summed E-state index contributed by atoms with van der Waals surface area (Å²) in [6.45, 7) is 1.04. The zero-order chi connectivity index (χ0) is 16.3. The normalized spacial score (nSPS) is 16.3. The monoisotopic (exact) mass is 325 g/mol. The van der Waals surface area contributed by atoms with Gasteiger partial charge in [-0.2, -0.15) is 5.26 Å². The van der Waals surface area contributed by atoms with E-state index in [9.17, 15) is 18.5 Å². The van der Waals surface area contributed by atoms with Crippen LogP contribution in [0.1, 0.15) is 18.4 Å². The molecule has 0 spiro atoms. The summed E-state index contributed by atoms with van der Waals surface area (Å²) in [7, 11) is -3.25. The summed E-state index contributed by atoms with van der Waals surface area (Å²) in [5.41, 5.74) is -0.0855. The van der Waals surface area contributed by atoms with Gasteiger partial charge in [0.1, 0.15) is 23.6 Å². The first kappa shape index (κ1) is 16.1. The van der Waals surface area contributed by atoms with Gasteiger partial charge in [-0.3, -0.25) is 10.1 Å². The molecule has 0 saturated carbocycles. The van der Waals surface area contributed by atoms with Crippen molar-refractivity contribution in [2.75, 3.05) is 24.2 Å². The number of piperidine rings is 1. The molecule has 0 unspecified atom stereocenters. The highest BCUT2D eigenvalue weighted by molar-refractivity contribution is 7.88. The third-order valence-corrected chi connectivity index (χ3v) is 4.12. The van der Waals surface area contributed by atoms with Crippen molar-refractivity contribution < 1.29 is 13.3 Å². The van der Waals surface area contributed by atoms with Crippen molar-refractivity contribution in [2.45, 2.75) is 18.9 Å². The third kappa shape index (κ3) is 3.90. The fourth-order valence-corrected chi connectivity index (χ4v) is 3.23. The maximum absolute atomic E-state index is 11.2. The lowest BCUT2D eigenvalue weighted by Crippen LogP contribution is -2.44. The molecule has 0 radical (unpaired) electrons. The first-order valence-corrected chi connectivity index (χ1v) is 8.46. The van der Waals surface area contributed by atoms with E-state index in [1.165, 1.54) is 6.07 Å². The van der Waals surface area contributed by atoms with E-state index in [2.05, 4.69) is 9.71 Å². The van der Waals surface area contributed by atoms with Gasteiger partial charge in [0.15, 0.2) is 0 Å². The number of nitrogens with zero attached hydrogens (tertiary/aromatic N) is 4. The summed E-state index contributed by atoms with van der Waals surface area (Å²) >= 11 is 0. The maximum atomic E-state index is 11.2.